The van der Waals surface area contributed by atoms with Gasteiger partial charge < -0.3 is 4.74 Å². The number of aryl methyl sites for hydroxylation is 1. The van der Waals surface area contributed by atoms with Crippen molar-refractivity contribution in [1.29, 1.82) is 0 Å². The Bertz CT molecular complexity index is 941. The fourth-order valence-electron chi connectivity index (χ4n) is 2.45. The van der Waals surface area contributed by atoms with Crippen LogP contribution in [-0.2, 0) is 7.05 Å². The zero-order valence-corrected chi connectivity index (χ0v) is 13.1. The van der Waals surface area contributed by atoms with E-state index in [-0.39, 0.29) is 5.75 Å². The number of rotatable bonds is 4. The Morgan fingerprint density at radius 2 is 1.72 bits per heavy atom. The largest absolute Gasteiger partial charge is 0.573 e. The van der Waals surface area contributed by atoms with Crippen molar-refractivity contribution in [2.75, 3.05) is 0 Å². The Balaban J connectivity index is 1.85. The van der Waals surface area contributed by atoms with Gasteiger partial charge in [-0.3, -0.25) is 9.48 Å². The summed E-state index contributed by atoms with van der Waals surface area (Å²) < 4.78 is 41.9. The monoisotopic (exact) mass is 346 g/mol. The van der Waals surface area contributed by atoms with Gasteiger partial charge in [0.2, 0.25) is 0 Å². The molecular formula is C18H13F3N2O2. The van der Waals surface area contributed by atoms with E-state index in [1.807, 2.05) is 6.07 Å². The average molecular weight is 346 g/mol. The first-order valence-electron chi connectivity index (χ1n) is 7.31. The molecule has 0 atom stereocenters. The van der Waals surface area contributed by atoms with Crippen molar-refractivity contribution in [3.05, 3.63) is 59.3 Å². The molecule has 0 aliphatic heterocycles. The molecule has 2 aromatic carbocycles. The average Bonchev–Trinajstić information content (AvgIpc) is 2.88. The van der Waals surface area contributed by atoms with Crippen LogP contribution in [0.1, 0.15) is 21.6 Å². The SMILES string of the molecule is Cn1nc(/C=C/c2ccc(OC(F)(F)F)cc2)c2ccc(C=O)cc21. The van der Waals surface area contributed by atoms with E-state index >= 15 is 0 Å². The Morgan fingerprint density at radius 1 is 1.04 bits per heavy atom. The summed E-state index contributed by atoms with van der Waals surface area (Å²) in [5.41, 5.74) is 2.79. The van der Waals surface area contributed by atoms with Crippen molar-refractivity contribution in [3.63, 3.8) is 0 Å². The molecule has 7 heteroatoms. The minimum atomic E-state index is -4.70. The number of alkyl halides is 3. The standard InChI is InChI=1S/C18H13F3N2O2/c1-23-17-10-13(11-24)4-8-15(17)16(22-23)9-5-12-2-6-14(7-3-12)25-18(19,20)21/h2-11H,1H3/b9-5+. The normalized spacial score (nSPS) is 12.0. The van der Waals surface area contributed by atoms with Crippen LogP contribution in [0.4, 0.5) is 13.2 Å². The first-order valence-corrected chi connectivity index (χ1v) is 7.31. The third-order valence-corrected chi connectivity index (χ3v) is 3.59. The molecule has 1 aromatic heterocycles. The van der Waals surface area contributed by atoms with E-state index in [9.17, 15) is 18.0 Å². The molecular weight excluding hydrogens is 333 g/mol. The van der Waals surface area contributed by atoms with Crippen LogP contribution >= 0.6 is 0 Å². The van der Waals surface area contributed by atoms with E-state index in [0.29, 0.717) is 16.8 Å². The van der Waals surface area contributed by atoms with E-state index < -0.39 is 6.36 Å². The smallest absolute Gasteiger partial charge is 0.406 e. The van der Waals surface area contributed by atoms with Crippen LogP contribution in [0.5, 0.6) is 5.75 Å². The van der Waals surface area contributed by atoms with Crippen LogP contribution in [0, 0.1) is 0 Å². The van der Waals surface area contributed by atoms with Crippen LogP contribution in [0.15, 0.2) is 42.5 Å². The van der Waals surface area contributed by atoms with Gasteiger partial charge in [0.15, 0.2) is 0 Å². The topological polar surface area (TPSA) is 44.1 Å². The summed E-state index contributed by atoms with van der Waals surface area (Å²) in [5, 5.41) is 5.26. The second-order valence-corrected chi connectivity index (χ2v) is 5.35. The van der Waals surface area contributed by atoms with E-state index in [4.69, 9.17) is 0 Å². The molecule has 0 bridgehead atoms. The lowest BCUT2D eigenvalue weighted by molar-refractivity contribution is -0.274. The van der Waals surface area contributed by atoms with Crippen LogP contribution in [0.2, 0.25) is 0 Å². The van der Waals surface area contributed by atoms with E-state index in [1.165, 1.54) is 24.3 Å². The molecule has 0 aliphatic carbocycles. The zero-order chi connectivity index (χ0) is 18.0. The minimum absolute atomic E-state index is 0.269. The molecule has 128 valence electrons. The third kappa shape index (κ3) is 3.88. The lowest BCUT2D eigenvalue weighted by atomic mass is 10.1. The van der Waals surface area contributed by atoms with Crippen LogP contribution < -0.4 is 4.74 Å². The fraction of sp³-hybridized carbons (Fsp3) is 0.111. The molecule has 0 amide bonds. The zero-order valence-electron chi connectivity index (χ0n) is 13.1. The van der Waals surface area contributed by atoms with E-state index in [1.54, 1.807) is 36.0 Å². The van der Waals surface area contributed by atoms with Gasteiger partial charge in [0.25, 0.3) is 0 Å². The molecule has 1 heterocycles. The Morgan fingerprint density at radius 3 is 2.36 bits per heavy atom. The molecule has 0 aliphatic rings. The van der Waals surface area contributed by atoms with Crippen molar-refractivity contribution in [2.24, 2.45) is 7.05 Å². The predicted octanol–water partition coefficient (Wildman–Crippen LogP) is 4.45. The number of carbonyl (C=O) groups excluding carboxylic acids is 1. The van der Waals surface area contributed by atoms with Crippen molar-refractivity contribution in [3.8, 4) is 5.75 Å². The van der Waals surface area contributed by atoms with Crippen molar-refractivity contribution >= 4 is 29.3 Å². The number of halogens is 3. The summed E-state index contributed by atoms with van der Waals surface area (Å²) >= 11 is 0. The van der Waals surface area contributed by atoms with E-state index in [0.717, 1.165) is 17.2 Å². The quantitative estimate of drug-likeness (QED) is 0.656. The Labute approximate surface area is 141 Å². The maximum absolute atomic E-state index is 12.1. The van der Waals surface area contributed by atoms with Gasteiger partial charge in [0, 0.05) is 18.0 Å². The van der Waals surface area contributed by atoms with Crippen molar-refractivity contribution < 1.29 is 22.7 Å². The highest BCUT2D eigenvalue weighted by atomic mass is 19.4. The predicted molar refractivity (Wildman–Crippen MR) is 88.2 cm³/mol. The molecule has 0 unspecified atom stereocenters. The lowest BCUT2D eigenvalue weighted by Crippen LogP contribution is -2.16. The minimum Gasteiger partial charge on any atom is -0.406 e. The molecule has 0 spiro atoms. The van der Waals surface area contributed by atoms with Crippen LogP contribution in [0.3, 0.4) is 0 Å². The maximum atomic E-state index is 12.1. The number of nitrogens with zero attached hydrogens (tertiary/aromatic N) is 2. The first kappa shape index (κ1) is 16.8. The number of aldehydes is 1. The fourth-order valence-corrected chi connectivity index (χ4v) is 2.45. The highest BCUT2D eigenvalue weighted by Crippen LogP contribution is 2.24. The number of aromatic nitrogens is 2. The van der Waals surface area contributed by atoms with Gasteiger partial charge in [-0.1, -0.05) is 24.3 Å². The summed E-state index contributed by atoms with van der Waals surface area (Å²) in [6.07, 6.45) is -0.424. The van der Waals surface area contributed by atoms with Crippen LogP contribution in [0.25, 0.3) is 23.1 Å². The molecule has 0 N–H and O–H groups in total. The van der Waals surface area contributed by atoms with Crippen molar-refractivity contribution in [2.45, 2.75) is 6.36 Å². The Kier molecular flexibility index (Phi) is 4.31. The summed E-state index contributed by atoms with van der Waals surface area (Å²) in [6.45, 7) is 0. The molecule has 3 rings (SSSR count). The van der Waals surface area contributed by atoms with Gasteiger partial charge in [-0.15, -0.1) is 13.2 Å². The van der Waals surface area contributed by atoms with Gasteiger partial charge >= 0.3 is 6.36 Å². The third-order valence-electron chi connectivity index (χ3n) is 3.59. The molecule has 0 fully saturated rings. The molecule has 3 aromatic rings. The molecule has 0 radical (unpaired) electrons. The summed E-state index contributed by atoms with van der Waals surface area (Å²) in [4.78, 5) is 10.9. The highest BCUT2D eigenvalue weighted by molar-refractivity contribution is 5.93. The summed E-state index contributed by atoms with van der Waals surface area (Å²) in [5.74, 6) is -0.269. The first-order chi connectivity index (χ1) is 11.9. The second kappa shape index (κ2) is 6.43. The maximum Gasteiger partial charge on any atom is 0.573 e. The van der Waals surface area contributed by atoms with E-state index in [2.05, 4.69) is 9.84 Å². The van der Waals surface area contributed by atoms with Gasteiger partial charge in [-0.2, -0.15) is 5.10 Å². The lowest BCUT2D eigenvalue weighted by Gasteiger charge is -2.08. The van der Waals surface area contributed by atoms with Gasteiger partial charge in [0.05, 0.1) is 11.2 Å². The molecule has 0 saturated carbocycles. The van der Waals surface area contributed by atoms with Gasteiger partial charge in [-0.05, 0) is 35.9 Å². The second-order valence-electron chi connectivity index (χ2n) is 5.35. The highest BCUT2D eigenvalue weighted by Gasteiger charge is 2.30. The summed E-state index contributed by atoms with van der Waals surface area (Å²) in [6, 6.07) is 10.8. The van der Waals surface area contributed by atoms with Crippen molar-refractivity contribution in [1.82, 2.24) is 9.78 Å². The van der Waals surface area contributed by atoms with Gasteiger partial charge in [0.1, 0.15) is 12.0 Å². The molecule has 0 saturated heterocycles. The van der Waals surface area contributed by atoms with Gasteiger partial charge in [-0.25, -0.2) is 0 Å². The number of ether oxygens (including phenoxy) is 1. The number of benzene rings is 2. The number of hydrogen-bond acceptors (Lipinski definition) is 3. The van der Waals surface area contributed by atoms with Crippen LogP contribution in [-0.4, -0.2) is 22.4 Å². The number of fused-ring (bicyclic) bond motifs is 1. The number of hydrogen-bond donors (Lipinski definition) is 0. The summed E-state index contributed by atoms with van der Waals surface area (Å²) in [7, 11) is 1.78. The Hall–Kier alpha value is -3.09. The molecule has 25 heavy (non-hydrogen) atoms. The molecule has 4 nitrogen and oxygen atoms in total. The number of carbonyl (C=O) groups is 1.